The predicted molar refractivity (Wildman–Crippen MR) is 72.2 cm³/mol. The Hall–Kier alpha value is -1.67. The second-order valence-corrected chi connectivity index (χ2v) is 4.51. The summed E-state index contributed by atoms with van der Waals surface area (Å²) in [6.45, 7) is 0.398. The van der Waals surface area contributed by atoms with Gasteiger partial charge in [0.25, 0.3) is 0 Å². The van der Waals surface area contributed by atoms with Crippen LogP contribution in [0.1, 0.15) is 32.1 Å². The Labute approximate surface area is 117 Å². The first kappa shape index (κ1) is 18.3. The number of amides is 1. The van der Waals surface area contributed by atoms with Crippen molar-refractivity contribution >= 4 is 17.8 Å². The maximum Gasteiger partial charge on any atom is 0.320 e. The van der Waals surface area contributed by atoms with Crippen LogP contribution in [-0.4, -0.2) is 53.7 Å². The number of carboxylic acid groups (broad SMARTS) is 2. The van der Waals surface area contributed by atoms with Crippen LogP contribution < -0.4 is 16.4 Å². The van der Waals surface area contributed by atoms with Gasteiger partial charge in [-0.25, -0.2) is 0 Å². The van der Waals surface area contributed by atoms with Gasteiger partial charge in [0, 0.05) is 13.0 Å². The summed E-state index contributed by atoms with van der Waals surface area (Å²) in [5, 5.41) is 22.6. The van der Waals surface area contributed by atoms with Gasteiger partial charge in [-0.15, -0.1) is 0 Å². The van der Waals surface area contributed by atoms with Crippen molar-refractivity contribution in [2.75, 3.05) is 13.6 Å². The lowest BCUT2D eigenvalue weighted by Gasteiger charge is -2.12. The molecule has 20 heavy (non-hydrogen) atoms. The fourth-order valence-corrected chi connectivity index (χ4v) is 1.62. The number of nitrogens with one attached hydrogen (secondary N) is 2. The normalized spacial score (nSPS) is 13.5. The highest BCUT2D eigenvalue weighted by Crippen LogP contribution is 2.01. The predicted octanol–water partition coefficient (Wildman–Crippen LogP) is -0.862. The molecule has 116 valence electrons. The van der Waals surface area contributed by atoms with Crippen molar-refractivity contribution in [2.45, 2.75) is 44.2 Å². The minimum absolute atomic E-state index is 0.0992. The van der Waals surface area contributed by atoms with Gasteiger partial charge in [-0.05, 0) is 32.7 Å². The van der Waals surface area contributed by atoms with Gasteiger partial charge in [0.1, 0.15) is 6.04 Å². The van der Waals surface area contributed by atoms with E-state index in [1.54, 1.807) is 7.05 Å². The Bertz CT molecular complexity index is 335. The first-order valence-corrected chi connectivity index (χ1v) is 6.53. The summed E-state index contributed by atoms with van der Waals surface area (Å²) >= 11 is 0. The third kappa shape index (κ3) is 8.44. The van der Waals surface area contributed by atoms with Crippen LogP contribution in [0.4, 0.5) is 0 Å². The molecule has 0 fully saturated rings. The molecule has 0 unspecified atom stereocenters. The molecule has 0 bridgehead atoms. The zero-order valence-corrected chi connectivity index (χ0v) is 11.6. The van der Waals surface area contributed by atoms with Gasteiger partial charge >= 0.3 is 11.9 Å². The summed E-state index contributed by atoms with van der Waals surface area (Å²) < 4.78 is 0. The van der Waals surface area contributed by atoms with Crippen LogP contribution in [0.2, 0.25) is 0 Å². The monoisotopic (exact) mass is 289 g/mol. The molecule has 0 aromatic rings. The van der Waals surface area contributed by atoms with E-state index in [2.05, 4.69) is 10.6 Å². The third-order valence-electron chi connectivity index (χ3n) is 2.87. The van der Waals surface area contributed by atoms with Gasteiger partial charge in [0.05, 0.1) is 6.04 Å². The molecule has 0 saturated carbocycles. The van der Waals surface area contributed by atoms with Crippen molar-refractivity contribution in [3.8, 4) is 0 Å². The Kier molecular flexibility index (Phi) is 9.31. The highest BCUT2D eigenvalue weighted by Gasteiger charge is 2.15. The molecule has 0 saturated heterocycles. The molecule has 8 nitrogen and oxygen atoms in total. The summed E-state index contributed by atoms with van der Waals surface area (Å²) in [6.07, 6.45) is 1.73. The minimum atomic E-state index is -0.986. The molecule has 0 spiro atoms. The summed E-state index contributed by atoms with van der Waals surface area (Å²) in [4.78, 5) is 32.5. The van der Waals surface area contributed by atoms with Gasteiger partial charge in [0.15, 0.2) is 0 Å². The maximum absolute atomic E-state index is 11.5. The molecule has 0 aromatic heterocycles. The van der Waals surface area contributed by atoms with Crippen LogP contribution in [-0.2, 0) is 14.4 Å². The van der Waals surface area contributed by atoms with Crippen molar-refractivity contribution in [3.63, 3.8) is 0 Å². The van der Waals surface area contributed by atoms with Crippen LogP contribution >= 0.6 is 0 Å². The van der Waals surface area contributed by atoms with Gasteiger partial charge in [-0.2, -0.15) is 0 Å². The standard InChI is InChI=1S/C12H23N3O5/c1-14-9(12(19)20)4-2-3-7-15-11(18)8(13)5-6-10(16)17/h8-9,14H,2-7,13H2,1H3,(H,15,18)(H,16,17)(H,19,20)/t8-,9+/m1/s1. The molecule has 0 aliphatic rings. The topological polar surface area (TPSA) is 142 Å². The van der Waals surface area contributed by atoms with Crippen molar-refractivity contribution in [2.24, 2.45) is 5.73 Å². The lowest BCUT2D eigenvalue weighted by atomic mass is 10.1. The largest absolute Gasteiger partial charge is 0.481 e. The Morgan fingerprint density at radius 1 is 1.15 bits per heavy atom. The van der Waals surface area contributed by atoms with Gasteiger partial charge < -0.3 is 26.6 Å². The van der Waals surface area contributed by atoms with E-state index in [1.165, 1.54) is 0 Å². The third-order valence-corrected chi connectivity index (χ3v) is 2.87. The fraction of sp³-hybridized carbons (Fsp3) is 0.750. The van der Waals surface area contributed by atoms with Gasteiger partial charge in [-0.1, -0.05) is 0 Å². The molecule has 6 N–H and O–H groups in total. The Balaban J connectivity index is 3.71. The number of hydrogen-bond donors (Lipinski definition) is 5. The van der Waals surface area contributed by atoms with E-state index in [4.69, 9.17) is 15.9 Å². The number of carbonyl (C=O) groups is 3. The van der Waals surface area contributed by atoms with Crippen LogP contribution in [0.25, 0.3) is 0 Å². The van der Waals surface area contributed by atoms with Crippen LogP contribution in [0, 0.1) is 0 Å². The highest BCUT2D eigenvalue weighted by atomic mass is 16.4. The zero-order chi connectivity index (χ0) is 15.5. The molecule has 0 radical (unpaired) electrons. The molecular formula is C12H23N3O5. The number of rotatable bonds is 11. The molecule has 0 aliphatic carbocycles. The fourth-order valence-electron chi connectivity index (χ4n) is 1.62. The van der Waals surface area contributed by atoms with Crippen LogP contribution in [0.15, 0.2) is 0 Å². The van der Waals surface area contributed by atoms with E-state index in [-0.39, 0.29) is 18.7 Å². The van der Waals surface area contributed by atoms with Crippen molar-refractivity contribution in [1.29, 1.82) is 0 Å². The number of carbonyl (C=O) groups excluding carboxylic acids is 1. The second-order valence-electron chi connectivity index (χ2n) is 4.51. The van der Waals surface area contributed by atoms with Gasteiger partial charge in [-0.3, -0.25) is 14.4 Å². The van der Waals surface area contributed by atoms with E-state index in [9.17, 15) is 14.4 Å². The average Bonchev–Trinajstić information content (AvgIpc) is 2.39. The molecular weight excluding hydrogens is 266 g/mol. The highest BCUT2D eigenvalue weighted by molar-refractivity contribution is 5.82. The summed E-state index contributed by atoms with van der Waals surface area (Å²) in [7, 11) is 1.59. The zero-order valence-electron chi connectivity index (χ0n) is 11.6. The number of unbranched alkanes of at least 4 members (excludes halogenated alkanes) is 1. The smallest absolute Gasteiger partial charge is 0.320 e. The van der Waals surface area contributed by atoms with E-state index >= 15 is 0 Å². The number of aliphatic carboxylic acids is 2. The second kappa shape index (κ2) is 10.2. The number of carboxylic acids is 2. The maximum atomic E-state index is 11.5. The number of likely N-dealkylation sites (N-methyl/N-ethyl adjacent to an activating group) is 1. The Morgan fingerprint density at radius 2 is 1.80 bits per heavy atom. The Morgan fingerprint density at radius 3 is 2.30 bits per heavy atom. The van der Waals surface area contributed by atoms with E-state index in [0.29, 0.717) is 25.8 Å². The number of hydrogen-bond acceptors (Lipinski definition) is 5. The molecule has 8 heteroatoms. The molecule has 0 aliphatic heterocycles. The van der Waals surface area contributed by atoms with Crippen LogP contribution in [0.3, 0.4) is 0 Å². The van der Waals surface area contributed by atoms with Crippen molar-refractivity contribution in [3.05, 3.63) is 0 Å². The van der Waals surface area contributed by atoms with Crippen molar-refractivity contribution < 1.29 is 24.6 Å². The first-order valence-electron chi connectivity index (χ1n) is 6.53. The molecule has 1 amide bonds. The molecule has 0 aromatic carbocycles. The summed E-state index contributed by atoms with van der Waals surface area (Å²) in [6, 6.07) is -1.40. The molecule has 2 atom stereocenters. The van der Waals surface area contributed by atoms with E-state index in [1.807, 2.05) is 0 Å². The molecule has 0 rings (SSSR count). The lowest BCUT2D eigenvalue weighted by Crippen LogP contribution is -2.41. The van der Waals surface area contributed by atoms with Crippen molar-refractivity contribution in [1.82, 2.24) is 10.6 Å². The quantitative estimate of drug-likeness (QED) is 0.311. The first-order chi connectivity index (χ1) is 9.38. The summed E-state index contributed by atoms with van der Waals surface area (Å²) in [5.74, 6) is -2.26. The number of nitrogens with two attached hydrogens (primary N) is 1. The average molecular weight is 289 g/mol. The van der Waals surface area contributed by atoms with Gasteiger partial charge in [0.2, 0.25) is 5.91 Å². The van der Waals surface area contributed by atoms with E-state index < -0.39 is 24.0 Å². The van der Waals surface area contributed by atoms with E-state index in [0.717, 1.165) is 0 Å². The van der Waals surface area contributed by atoms with Crippen LogP contribution in [0.5, 0.6) is 0 Å². The summed E-state index contributed by atoms with van der Waals surface area (Å²) in [5.41, 5.74) is 5.53. The SMILES string of the molecule is CN[C@@H](CCCCNC(=O)[C@H](N)CCC(=O)O)C(=O)O. The lowest BCUT2D eigenvalue weighted by molar-refractivity contribution is -0.140. The molecule has 0 heterocycles. The minimum Gasteiger partial charge on any atom is -0.481 e.